The quantitative estimate of drug-likeness (QED) is 0.182. The van der Waals surface area contributed by atoms with Gasteiger partial charge in [0.05, 0.1) is 24.7 Å². The van der Waals surface area contributed by atoms with E-state index < -0.39 is 12.0 Å². The average Bonchev–Trinajstić information content (AvgIpc) is 3.43. The van der Waals surface area contributed by atoms with Crippen LogP contribution in [0.3, 0.4) is 0 Å². The van der Waals surface area contributed by atoms with Crippen LogP contribution in [-0.2, 0) is 11.2 Å². The summed E-state index contributed by atoms with van der Waals surface area (Å²) in [6.07, 6.45) is 4.58. The Morgan fingerprint density at radius 1 is 1.08 bits per heavy atom. The molecule has 0 unspecified atom stereocenters. The summed E-state index contributed by atoms with van der Waals surface area (Å²) in [4.78, 5) is 17.2. The number of aromatic nitrogens is 2. The molecular formula is C30H36N2O5S. The summed E-state index contributed by atoms with van der Waals surface area (Å²) in [5, 5.41) is 11.3. The van der Waals surface area contributed by atoms with Crippen LogP contribution in [-0.4, -0.2) is 40.4 Å². The zero-order valence-corrected chi connectivity index (χ0v) is 23.6. The van der Waals surface area contributed by atoms with Gasteiger partial charge in [-0.1, -0.05) is 13.3 Å². The number of hydrogen-bond donors (Lipinski definition) is 1. The molecular weight excluding hydrogens is 500 g/mol. The maximum absolute atomic E-state index is 11.4. The Morgan fingerprint density at radius 2 is 1.87 bits per heavy atom. The topological polar surface area (TPSA) is 82.8 Å². The molecule has 0 aliphatic heterocycles. The second-order valence-electron chi connectivity index (χ2n) is 9.35. The fraction of sp³-hybridized carbons (Fsp3) is 0.400. The van der Waals surface area contributed by atoms with Gasteiger partial charge in [0, 0.05) is 29.1 Å². The minimum atomic E-state index is -0.854. The van der Waals surface area contributed by atoms with E-state index in [4.69, 9.17) is 14.2 Å². The number of carbonyl (C=O) groups is 1. The summed E-state index contributed by atoms with van der Waals surface area (Å²) >= 11 is 1.65. The largest absolute Gasteiger partial charge is 0.493 e. The van der Waals surface area contributed by atoms with E-state index in [0.717, 1.165) is 62.7 Å². The highest BCUT2D eigenvalue weighted by Crippen LogP contribution is 2.34. The van der Waals surface area contributed by atoms with Gasteiger partial charge in [-0.05, 0) is 81.6 Å². The predicted molar refractivity (Wildman–Crippen MR) is 152 cm³/mol. The first-order chi connectivity index (χ1) is 18.3. The number of carboxylic acids is 1. The lowest BCUT2D eigenvalue weighted by Gasteiger charge is -2.13. The fourth-order valence-electron chi connectivity index (χ4n) is 4.46. The standard InChI is InChI=1S/C30H36N2O5S/c1-6-9-22-16-23(29-31-28(35-7-2)21(5)38-29)10-13-27(22)37-15-8-14-36-24-11-12-26-25(17-24)19(3)18-32(26)20(4)30(33)34/h10-13,16-18,20H,6-9,14-15H2,1-5H3,(H,33,34)/t20-/m0/s1. The van der Waals surface area contributed by atoms with E-state index in [1.54, 1.807) is 22.8 Å². The molecule has 4 rings (SSSR count). The van der Waals surface area contributed by atoms with Crippen LogP contribution in [0.15, 0.2) is 42.6 Å². The molecule has 0 bridgehead atoms. The van der Waals surface area contributed by atoms with E-state index in [2.05, 4.69) is 24.0 Å². The molecule has 7 nitrogen and oxygen atoms in total. The van der Waals surface area contributed by atoms with Crippen LogP contribution in [0.25, 0.3) is 21.5 Å². The van der Waals surface area contributed by atoms with Crippen molar-refractivity contribution in [1.82, 2.24) is 9.55 Å². The third-order valence-electron chi connectivity index (χ3n) is 6.46. The first-order valence-electron chi connectivity index (χ1n) is 13.2. The maximum Gasteiger partial charge on any atom is 0.326 e. The van der Waals surface area contributed by atoms with Crippen molar-refractivity contribution in [3.05, 3.63) is 58.6 Å². The molecule has 0 saturated carbocycles. The van der Waals surface area contributed by atoms with Gasteiger partial charge in [-0.3, -0.25) is 0 Å². The highest BCUT2D eigenvalue weighted by molar-refractivity contribution is 7.15. The first kappa shape index (κ1) is 27.5. The van der Waals surface area contributed by atoms with E-state index in [1.165, 1.54) is 5.56 Å². The van der Waals surface area contributed by atoms with Crippen molar-refractivity contribution in [1.29, 1.82) is 0 Å². The van der Waals surface area contributed by atoms with Crippen LogP contribution in [0.1, 0.15) is 55.7 Å². The van der Waals surface area contributed by atoms with Crippen LogP contribution < -0.4 is 14.2 Å². The van der Waals surface area contributed by atoms with Crippen molar-refractivity contribution in [2.45, 2.75) is 59.9 Å². The second-order valence-corrected chi connectivity index (χ2v) is 10.6. The molecule has 0 aliphatic carbocycles. The van der Waals surface area contributed by atoms with Crippen LogP contribution in [0, 0.1) is 13.8 Å². The number of nitrogens with zero attached hydrogens (tertiary/aromatic N) is 2. The molecule has 0 spiro atoms. The Labute approximate surface area is 228 Å². The number of aryl methyl sites for hydroxylation is 3. The van der Waals surface area contributed by atoms with Gasteiger partial charge < -0.3 is 23.9 Å². The fourth-order valence-corrected chi connectivity index (χ4v) is 5.31. The van der Waals surface area contributed by atoms with E-state index in [9.17, 15) is 9.90 Å². The molecule has 2 aromatic carbocycles. The van der Waals surface area contributed by atoms with Crippen molar-refractivity contribution in [3.63, 3.8) is 0 Å². The molecule has 0 aliphatic rings. The molecule has 2 aromatic heterocycles. The third kappa shape index (κ3) is 6.13. The molecule has 202 valence electrons. The zero-order valence-electron chi connectivity index (χ0n) is 22.7. The highest BCUT2D eigenvalue weighted by Gasteiger charge is 2.17. The lowest BCUT2D eigenvalue weighted by atomic mass is 10.1. The molecule has 1 N–H and O–H groups in total. The summed E-state index contributed by atoms with van der Waals surface area (Å²) in [7, 11) is 0. The van der Waals surface area contributed by atoms with Gasteiger partial charge in [-0.25, -0.2) is 9.78 Å². The van der Waals surface area contributed by atoms with Crippen LogP contribution in [0.4, 0.5) is 0 Å². The Bertz CT molecular complexity index is 1410. The molecule has 38 heavy (non-hydrogen) atoms. The van der Waals surface area contributed by atoms with Gasteiger partial charge in [0.2, 0.25) is 5.88 Å². The van der Waals surface area contributed by atoms with Crippen molar-refractivity contribution >= 4 is 28.2 Å². The van der Waals surface area contributed by atoms with E-state index >= 15 is 0 Å². The lowest BCUT2D eigenvalue weighted by Crippen LogP contribution is -2.14. The SMILES string of the molecule is CCCc1cc(-c2nc(OCC)c(C)s2)ccc1OCCCOc1ccc2c(c1)c(C)cn2[C@@H](C)C(=O)O. The summed E-state index contributed by atoms with van der Waals surface area (Å²) in [6.45, 7) is 11.5. The molecule has 1 atom stereocenters. The minimum absolute atomic E-state index is 0.524. The number of fused-ring (bicyclic) bond motifs is 1. The second kappa shape index (κ2) is 12.3. The summed E-state index contributed by atoms with van der Waals surface area (Å²) in [5.74, 6) is 1.53. The van der Waals surface area contributed by atoms with Crippen molar-refractivity contribution in [2.75, 3.05) is 19.8 Å². The Hall–Kier alpha value is -3.52. The van der Waals surface area contributed by atoms with Crippen molar-refractivity contribution in [2.24, 2.45) is 0 Å². The lowest BCUT2D eigenvalue weighted by molar-refractivity contribution is -0.140. The Morgan fingerprint density at radius 3 is 2.61 bits per heavy atom. The van der Waals surface area contributed by atoms with Gasteiger partial charge >= 0.3 is 5.97 Å². The van der Waals surface area contributed by atoms with Gasteiger partial charge in [0.15, 0.2) is 0 Å². The molecule has 2 heterocycles. The maximum atomic E-state index is 11.4. The summed E-state index contributed by atoms with van der Waals surface area (Å²) in [6, 6.07) is 11.5. The molecule has 8 heteroatoms. The van der Waals surface area contributed by atoms with Crippen LogP contribution >= 0.6 is 11.3 Å². The molecule has 0 amide bonds. The Balaban J connectivity index is 1.35. The van der Waals surface area contributed by atoms with Crippen molar-refractivity contribution < 1.29 is 24.1 Å². The van der Waals surface area contributed by atoms with E-state index in [-0.39, 0.29) is 0 Å². The number of benzene rings is 2. The van der Waals surface area contributed by atoms with Gasteiger partial charge in [-0.15, -0.1) is 11.3 Å². The average molecular weight is 537 g/mol. The summed E-state index contributed by atoms with van der Waals surface area (Å²) < 4.78 is 19.6. The van der Waals surface area contributed by atoms with Crippen LogP contribution in [0.2, 0.25) is 0 Å². The zero-order chi connectivity index (χ0) is 27.2. The van der Waals surface area contributed by atoms with E-state index in [1.807, 2.05) is 51.2 Å². The number of carboxylic acid groups (broad SMARTS) is 1. The van der Waals surface area contributed by atoms with Gasteiger partial charge in [-0.2, -0.15) is 0 Å². The molecule has 0 fully saturated rings. The number of ether oxygens (including phenoxy) is 3. The highest BCUT2D eigenvalue weighted by atomic mass is 32.1. The third-order valence-corrected chi connectivity index (χ3v) is 7.46. The Kier molecular flexibility index (Phi) is 8.94. The van der Waals surface area contributed by atoms with E-state index in [0.29, 0.717) is 25.7 Å². The number of rotatable bonds is 13. The van der Waals surface area contributed by atoms with Gasteiger partial charge in [0.25, 0.3) is 0 Å². The molecule has 0 saturated heterocycles. The predicted octanol–water partition coefficient (Wildman–Crippen LogP) is 7.23. The van der Waals surface area contributed by atoms with Crippen molar-refractivity contribution in [3.8, 4) is 28.0 Å². The number of thiazole rings is 1. The normalized spacial score (nSPS) is 12.0. The first-order valence-corrected chi connectivity index (χ1v) is 14.0. The molecule has 0 radical (unpaired) electrons. The minimum Gasteiger partial charge on any atom is -0.493 e. The molecule has 4 aromatic rings. The smallest absolute Gasteiger partial charge is 0.326 e. The number of hydrogen-bond acceptors (Lipinski definition) is 6. The number of aliphatic carboxylic acids is 1. The van der Waals surface area contributed by atoms with Gasteiger partial charge in [0.1, 0.15) is 22.5 Å². The monoisotopic (exact) mass is 536 g/mol. The van der Waals surface area contributed by atoms with Crippen LogP contribution in [0.5, 0.6) is 17.4 Å². The summed E-state index contributed by atoms with van der Waals surface area (Å²) in [5.41, 5.74) is 4.18.